The van der Waals surface area contributed by atoms with Gasteiger partial charge in [0.2, 0.25) is 0 Å². The monoisotopic (exact) mass is 507 g/mol. The van der Waals surface area contributed by atoms with Crippen LogP contribution in [0, 0.1) is 5.82 Å². The highest BCUT2D eigenvalue weighted by molar-refractivity contribution is 14.0. The molecule has 0 amide bonds. The molecule has 0 bridgehead atoms. The Morgan fingerprint density at radius 3 is 2.74 bits per heavy atom. The number of halogens is 3. The zero-order valence-corrected chi connectivity index (χ0v) is 18.4. The topological polar surface area (TPSA) is 57.1 Å². The number of hydrogen-bond acceptors (Lipinski definition) is 3. The van der Waals surface area contributed by atoms with Crippen LogP contribution in [0.5, 0.6) is 5.75 Å². The Morgan fingerprint density at radius 1 is 1.30 bits per heavy atom. The van der Waals surface area contributed by atoms with Crippen molar-refractivity contribution in [3.8, 4) is 5.75 Å². The van der Waals surface area contributed by atoms with Gasteiger partial charge in [0.05, 0.1) is 13.2 Å². The number of nitrogens with zero attached hydrogens (tertiary/aromatic N) is 2. The van der Waals surface area contributed by atoms with Crippen LogP contribution < -0.4 is 10.1 Å². The lowest BCUT2D eigenvalue weighted by Gasteiger charge is -2.22. The van der Waals surface area contributed by atoms with E-state index in [2.05, 4.69) is 10.3 Å². The summed E-state index contributed by atoms with van der Waals surface area (Å²) in [4.78, 5) is 6.17. The van der Waals surface area contributed by atoms with E-state index >= 15 is 0 Å². The van der Waals surface area contributed by atoms with Crippen molar-refractivity contribution < 1.29 is 14.2 Å². The van der Waals surface area contributed by atoms with E-state index in [1.807, 2.05) is 24.1 Å². The van der Waals surface area contributed by atoms with Crippen LogP contribution >= 0.6 is 35.6 Å². The maximum absolute atomic E-state index is 13.4. The quantitative estimate of drug-likeness (QED) is 0.341. The molecule has 0 spiro atoms. The van der Waals surface area contributed by atoms with E-state index in [0.29, 0.717) is 30.7 Å². The van der Waals surface area contributed by atoms with Crippen molar-refractivity contribution in [1.29, 1.82) is 0 Å². The van der Waals surface area contributed by atoms with E-state index in [-0.39, 0.29) is 36.1 Å². The van der Waals surface area contributed by atoms with Crippen molar-refractivity contribution in [1.82, 2.24) is 10.2 Å². The molecular weight excluding hydrogens is 484 g/mol. The van der Waals surface area contributed by atoms with Gasteiger partial charge in [0.25, 0.3) is 0 Å². The second-order valence-electron chi connectivity index (χ2n) is 5.71. The summed E-state index contributed by atoms with van der Waals surface area (Å²) in [6, 6.07) is 11.9. The molecule has 0 unspecified atom stereocenters. The molecule has 27 heavy (non-hydrogen) atoms. The molecule has 0 saturated carbocycles. The number of aliphatic hydroxyl groups is 1. The second kappa shape index (κ2) is 12.0. The van der Waals surface area contributed by atoms with Crippen LogP contribution in [-0.2, 0) is 13.2 Å². The number of guanidine groups is 1. The van der Waals surface area contributed by atoms with Gasteiger partial charge >= 0.3 is 0 Å². The molecule has 0 fully saturated rings. The van der Waals surface area contributed by atoms with E-state index in [1.54, 1.807) is 31.3 Å². The fourth-order valence-electron chi connectivity index (χ4n) is 2.39. The summed E-state index contributed by atoms with van der Waals surface area (Å²) < 4.78 is 19.1. The second-order valence-corrected chi connectivity index (χ2v) is 6.15. The van der Waals surface area contributed by atoms with Gasteiger partial charge < -0.3 is 20.1 Å². The molecule has 148 valence electrons. The largest absolute Gasteiger partial charge is 0.492 e. The zero-order chi connectivity index (χ0) is 18.9. The Hall–Kier alpha value is -1.58. The van der Waals surface area contributed by atoms with Crippen LogP contribution in [-0.4, -0.2) is 43.2 Å². The molecule has 0 atom stereocenters. The molecule has 0 heterocycles. The third-order valence-electron chi connectivity index (χ3n) is 3.80. The normalized spacial score (nSPS) is 10.9. The summed E-state index contributed by atoms with van der Waals surface area (Å²) in [5.41, 5.74) is 1.14. The maximum Gasteiger partial charge on any atom is 0.193 e. The Balaban J connectivity index is 0.00000364. The third kappa shape index (κ3) is 7.51. The van der Waals surface area contributed by atoms with Crippen molar-refractivity contribution in [2.24, 2.45) is 4.99 Å². The van der Waals surface area contributed by atoms with Gasteiger partial charge in [0.1, 0.15) is 18.2 Å². The van der Waals surface area contributed by atoms with Gasteiger partial charge in [-0.25, -0.2) is 4.39 Å². The lowest BCUT2D eigenvalue weighted by Crippen LogP contribution is -2.40. The molecule has 2 aromatic rings. The molecule has 0 radical (unpaired) electrons. The number of aliphatic imine (C=N–C) groups is 1. The van der Waals surface area contributed by atoms with E-state index < -0.39 is 5.82 Å². The Kier molecular flexibility index (Phi) is 10.4. The van der Waals surface area contributed by atoms with Crippen molar-refractivity contribution in [3.05, 3.63) is 64.4 Å². The van der Waals surface area contributed by atoms with Crippen LogP contribution in [0.2, 0.25) is 5.02 Å². The summed E-state index contributed by atoms with van der Waals surface area (Å²) in [5, 5.41) is 13.0. The minimum atomic E-state index is -0.407. The standard InChI is InChI=1S/C19H23ClFN3O2.HI/c1-22-19(23-12-14-6-7-18(21)15(10-14)13-25)24(2)8-9-26-17-5-3-4-16(20)11-17;/h3-7,10-11,25H,8-9,12-13H2,1-2H3,(H,22,23);1H. The van der Waals surface area contributed by atoms with Crippen LogP contribution in [0.15, 0.2) is 47.5 Å². The fourth-order valence-corrected chi connectivity index (χ4v) is 2.57. The first-order valence-corrected chi connectivity index (χ1v) is 8.59. The lowest BCUT2D eigenvalue weighted by molar-refractivity contribution is 0.275. The highest BCUT2D eigenvalue weighted by atomic mass is 127. The number of ether oxygens (including phenoxy) is 1. The third-order valence-corrected chi connectivity index (χ3v) is 4.03. The van der Waals surface area contributed by atoms with Crippen molar-refractivity contribution in [2.45, 2.75) is 13.2 Å². The van der Waals surface area contributed by atoms with Gasteiger partial charge in [-0.2, -0.15) is 0 Å². The Labute approximate surface area is 181 Å². The zero-order valence-electron chi connectivity index (χ0n) is 15.3. The molecular formula is C19H24ClFIN3O2. The number of benzene rings is 2. The van der Waals surface area contributed by atoms with Gasteiger partial charge in [-0.3, -0.25) is 4.99 Å². The van der Waals surface area contributed by atoms with Gasteiger partial charge in [-0.05, 0) is 35.9 Å². The highest BCUT2D eigenvalue weighted by Gasteiger charge is 2.07. The average Bonchev–Trinajstić information content (AvgIpc) is 2.63. The highest BCUT2D eigenvalue weighted by Crippen LogP contribution is 2.17. The number of rotatable bonds is 7. The average molecular weight is 508 g/mol. The summed E-state index contributed by atoms with van der Waals surface area (Å²) in [5.74, 6) is 1.00. The van der Waals surface area contributed by atoms with E-state index in [1.165, 1.54) is 6.07 Å². The van der Waals surface area contributed by atoms with Gasteiger partial charge in [-0.15, -0.1) is 24.0 Å². The number of nitrogens with one attached hydrogen (secondary N) is 1. The van der Waals surface area contributed by atoms with Gasteiger partial charge in [-0.1, -0.05) is 23.7 Å². The first-order chi connectivity index (χ1) is 12.5. The number of aliphatic hydroxyl groups excluding tert-OH is 1. The SMILES string of the molecule is CN=C(NCc1ccc(F)c(CO)c1)N(C)CCOc1cccc(Cl)c1.I. The van der Waals surface area contributed by atoms with Gasteiger partial charge in [0, 0.05) is 31.2 Å². The lowest BCUT2D eigenvalue weighted by atomic mass is 10.1. The van der Waals surface area contributed by atoms with E-state index in [4.69, 9.17) is 21.4 Å². The van der Waals surface area contributed by atoms with Crippen molar-refractivity contribution in [2.75, 3.05) is 27.2 Å². The first-order valence-electron chi connectivity index (χ1n) is 8.21. The number of hydrogen-bond donors (Lipinski definition) is 2. The van der Waals surface area contributed by atoms with Crippen LogP contribution in [0.3, 0.4) is 0 Å². The van der Waals surface area contributed by atoms with Crippen LogP contribution in [0.4, 0.5) is 4.39 Å². The predicted octanol–water partition coefficient (Wildman–Crippen LogP) is 3.68. The molecule has 0 aliphatic heterocycles. The smallest absolute Gasteiger partial charge is 0.193 e. The Morgan fingerprint density at radius 2 is 2.07 bits per heavy atom. The van der Waals surface area contributed by atoms with Crippen molar-refractivity contribution >= 4 is 41.5 Å². The molecule has 0 saturated heterocycles. The molecule has 8 heteroatoms. The molecule has 2 aromatic carbocycles. The fraction of sp³-hybridized carbons (Fsp3) is 0.316. The summed E-state index contributed by atoms with van der Waals surface area (Å²) in [6.45, 7) is 1.24. The molecule has 2 N–H and O–H groups in total. The van der Waals surface area contributed by atoms with Crippen LogP contribution in [0.25, 0.3) is 0 Å². The maximum atomic E-state index is 13.4. The number of likely N-dealkylation sites (N-methyl/N-ethyl adjacent to an activating group) is 1. The Bertz CT molecular complexity index is 761. The summed E-state index contributed by atoms with van der Waals surface area (Å²) >= 11 is 5.93. The van der Waals surface area contributed by atoms with Crippen molar-refractivity contribution in [3.63, 3.8) is 0 Å². The minimum Gasteiger partial charge on any atom is -0.492 e. The predicted molar refractivity (Wildman–Crippen MR) is 118 cm³/mol. The van der Waals surface area contributed by atoms with Crippen LogP contribution in [0.1, 0.15) is 11.1 Å². The summed E-state index contributed by atoms with van der Waals surface area (Å²) in [7, 11) is 3.60. The summed E-state index contributed by atoms with van der Waals surface area (Å²) in [6.07, 6.45) is 0. The van der Waals surface area contributed by atoms with E-state index in [0.717, 1.165) is 11.3 Å². The molecule has 0 aliphatic carbocycles. The first kappa shape index (κ1) is 23.5. The van der Waals surface area contributed by atoms with E-state index in [9.17, 15) is 4.39 Å². The molecule has 2 rings (SSSR count). The molecule has 0 aliphatic rings. The molecule has 5 nitrogen and oxygen atoms in total. The molecule has 0 aromatic heterocycles. The minimum absolute atomic E-state index is 0. The van der Waals surface area contributed by atoms with Gasteiger partial charge in [0.15, 0.2) is 5.96 Å².